The number of nitrogens with one attached hydrogen (secondary N) is 1. The van der Waals surface area contributed by atoms with Crippen LogP contribution >= 0.6 is 0 Å². The van der Waals surface area contributed by atoms with Gasteiger partial charge >= 0.3 is 0 Å². The van der Waals surface area contributed by atoms with Gasteiger partial charge in [-0.2, -0.15) is 0 Å². The Morgan fingerprint density at radius 2 is 1.73 bits per heavy atom. The molecular formula is C23H29N4O3+. The van der Waals surface area contributed by atoms with Crippen molar-refractivity contribution >= 4 is 5.78 Å². The van der Waals surface area contributed by atoms with Crippen molar-refractivity contribution in [3.63, 3.8) is 0 Å². The second-order valence-corrected chi connectivity index (χ2v) is 7.99. The smallest absolute Gasteiger partial charge is 0.295 e. The first kappa shape index (κ1) is 20.4. The van der Waals surface area contributed by atoms with Gasteiger partial charge in [0.15, 0.2) is 0 Å². The SMILES string of the molecule is Cc1cc(C(=O)C[NH+]2CCOCC2)c(C)n1-c1c(C)n(C)n(-c2ccccc2)c1=O. The molecule has 2 aromatic heterocycles. The molecule has 1 aromatic carbocycles. The minimum atomic E-state index is -0.0965. The summed E-state index contributed by atoms with van der Waals surface area (Å²) in [5, 5.41) is 0. The van der Waals surface area contributed by atoms with Gasteiger partial charge in [0.1, 0.15) is 25.3 Å². The molecule has 158 valence electrons. The molecule has 3 aromatic rings. The highest BCUT2D eigenvalue weighted by Gasteiger charge is 2.26. The fourth-order valence-corrected chi connectivity index (χ4v) is 4.36. The molecule has 0 radical (unpaired) electrons. The van der Waals surface area contributed by atoms with Gasteiger partial charge in [0.2, 0.25) is 5.78 Å². The third kappa shape index (κ3) is 3.44. The highest BCUT2D eigenvalue weighted by atomic mass is 16.5. The molecule has 0 spiro atoms. The van der Waals surface area contributed by atoms with Crippen LogP contribution in [0.1, 0.15) is 27.4 Å². The Hall–Kier alpha value is -2.90. The van der Waals surface area contributed by atoms with Crippen molar-refractivity contribution in [1.82, 2.24) is 13.9 Å². The Morgan fingerprint density at radius 3 is 2.40 bits per heavy atom. The third-order valence-electron chi connectivity index (χ3n) is 6.09. The highest BCUT2D eigenvalue weighted by Crippen LogP contribution is 2.22. The third-order valence-corrected chi connectivity index (χ3v) is 6.09. The van der Waals surface area contributed by atoms with E-state index < -0.39 is 0 Å². The van der Waals surface area contributed by atoms with E-state index in [2.05, 4.69) is 0 Å². The van der Waals surface area contributed by atoms with Crippen LogP contribution in [0, 0.1) is 20.8 Å². The molecule has 4 rings (SSSR count). The second kappa shape index (κ2) is 8.08. The lowest BCUT2D eigenvalue weighted by atomic mass is 10.1. The summed E-state index contributed by atoms with van der Waals surface area (Å²) in [5.41, 5.74) is 4.56. The van der Waals surface area contributed by atoms with Crippen molar-refractivity contribution in [2.45, 2.75) is 20.8 Å². The van der Waals surface area contributed by atoms with Crippen LogP contribution in [0.5, 0.6) is 0 Å². The molecule has 0 amide bonds. The van der Waals surface area contributed by atoms with Crippen molar-refractivity contribution in [2.75, 3.05) is 32.8 Å². The molecular weight excluding hydrogens is 380 g/mol. The number of ketones is 1. The van der Waals surface area contributed by atoms with Gasteiger partial charge in [-0.25, -0.2) is 4.68 Å². The number of para-hydroxylation sites is 1. The lowest BCUT2D eigenvalue weighted by molar-refractivity contribution is -0.899. The number of aromatic nitrogens is 3. The number of morpholine rings is 1. The number of carbonyl (C=O) groups is 1. The van der Waals surface area contributed by atoms with Crippen molar-refractivity contribution < 1.29 is 14.4 Å². The van der Waals surface area contributed by atoms with E-state index >= 15 is 0 Å². The van der Waals surface area contributed by atoms with Crippen LogP contribution in [0.3, 0.4) is 0 Å². The molecule has 30 heavy (non-hydrogen) atoms. The summed E-state index contributed by atoms with van der Waals surface area (Å²) in [6, 6.07) is 11.5. The zero-order chi connectivity index (χ0) is 21.4. The summed E-state index contributed by atoms with van der Waals surface area (Å²) >= 11 is 0. The first-order valence-electron chi connectivity index (χ1n) is 10.4. The minimum Gasteiger partial charge on any atom is -0.370 e. The highest BCUT2D eigenvalue weighted by molar-refractivity contribution is 5.98. The quantitative estimate of drug-likeness (QED) is 0.640. The maximum absolute atomic E-state index is 13.4. The van der Waals surface area contributed by atoms with E-state index in [4.69, 9.17) is 4.74 Å². The molecule has 7 heteroatoms. The summed E-state index contributed by atoms with van der Waals surface area (Å²) in [7, 11) is 1.88. The summed E-state index contributed by atoms with van der Waals surface area (Å²) in [6.07, 6.45) is 0. The van der Waals surface area contributed by atoms with Gasteiger partial charge in [0.05, 0.1) is 24.6 Å². The molecule has 1 aliphatic rings. The van der Waals surface area contributed by atoms with Gasteiger partial charge in [0, 0.05) is 24.0 Å². The molecule has 1 N–H and O–H groups in total. The number of hydrogen-bond acceptors (Lipinski definition) is 3. The van der Waals surface area contributed by atoms with Crippen LogP contribution in [0.2, 0.25) is 0 Å². The van der Waals surface area contributed by atoms with Gasteiger partial charge in [-0.1, -0.05) is 18.2 Å². The summed E-state index contributed by atoms with van der Waals surface area (Å²) in [6.45, 7) is 9.36. The fourth-order valence-electron chi connectivity index (χ4n) is 4.36. The van der Waals surface area contributed by atoms with E-state index in [1.807, 2.05) is 73.5 Å². The van der Waals surface area contributed by atoms with Gasteiger partial charge < -0.3 is 14.2 Å². The second-order valence-electron chi connectivity index (χ2n) is 7.99. The predicted molar refractivity (Wildman–Crippen MR) is 115 cm³/mol. The molecule has 0 aliphatic carbocycles. The molecule has 0 saturated carbocycles. The standard InChI is InChI=1S/C23H28N4O3/c1-16-14-20(21(28)15-25-10-12-30-13-11-25)17(2)26(16)22-18(3)24(4)27(23(22)29)19-8-6-5-7-9-19/h5-9,14H,10-13,15H2,1-4H3/p+1. The van der Waals surface area contributed by atoms with Gasteiger partial charge in [0.25, 0.3) is 5.56 Å². The maximum atomic E-state index is 13.4. The molecule has 0 bridgehead atoms. The Bertz CT molecular complexity index is 1130. The van der Waals surface area contributed by atoms with Crippen LogP contribution < -0.4 is 10.5 Å². The van der Waals surface area contributed by atoms with Gasteiger partial charge in [-0.3, -0.25) is 14.3 Å². The van der Waals surface area contributed by atoms with E-state index in [9.17, 15) is 9.59 Å². The lowest BCUT2D eigenvalue weighted by Crippen LogP contribution is -3.14. The van der Waals surface area contributed by atoms with Crippen molar-refractivity contribution in [1.29, 1.82) is 0 Å². The van der Waals surface area contributed by atoms with Gasteiger partial charge in [-0.05, 0) is 39.0 Å². The summed E-state index contributed by atoms with van der Waals surface area (Å²) in [4.78, 5) is 27.7. The summed E-state index contributed by atoms with van der Waals surface area (Å²) < 4.78 is 10.9. The van der Waals surface area contributed by atoms with Crippen LogP contribution in [-0.2, 0) is 11.8 Å². The van der Waals surface area contributed by atoms with Crippen molar-refractivity contribution in [2.24, 2.45) is 7.05 Å². The Labute approximate surface area is 176 Å². The number of quaternary nitrogens is 1. The van der Waals surface area contributed by atoms with E-state index in [0.717, 1.165) is 35.9 Å². The van der Waals surface area contributed by atoms with Crippen molar-refractivity contribution in [3.05, 3.63) is 69.4 Å². The molecule has 7 nitrogen and oxygen atoms in total. The molecule has 3 heterocycles. The largest absolute Gasteiger partial charge is 0.370 e. The maximum Gasteiger partial charge on any atom is 0.295 e. The number of hydrogen-bond donors (Lipinski definition) is 1. The number of nitrogens with zero attached hydrogens (tertiary/aromatic N) is 3. The molecule has 1 aliphatic heterocycles. The number of ether oxygens (including phenoxy) is 1. The molecule has 0 atom stereocenters. The average Bonchev–Trinajstić information content (AvgIpc) is 3.15. The first-order chi connectivity index (χ1) is 14.4. The van der Waals surface area contributed by atoms with Crippen LogP contribution in [0.4, 0.5) is 0 Å². The van der Waals surface area contributed by atoms with Crippen LogP contribution in [-0.4, -0.2) is 52.6 Å². The average molecular weight is 410 g/mol. The molecule has 1 saturated heterocycles. The van der Waals surface area contributed by atoms with Crippen LogP contribution in [0.15, 0.2) is 41.2 Å². The van der Waals surface area contributed by atoms with E-state index in [1.165, 1.54) is 4.90 Å². The Kier molecular flexibility index (Phi) is 5.49. The van der Waals surface area contributed by atoms with E-state index in [0.29, 0.717) is 31.0 Å². The van der Waals surface area contributed by atoms with Crippen LogP contribution in [0.25, 0.3) is 11.4 Å². The van der Waals surface area contributed by atoms with Gasteiger partial charge in [-0.15, -0.1) is 0 Å². The number of aryl methyl sites for hydroxylation is 1. The predicted octanol–water partition coefficient (Wildman–Crippen LogP) is 0.990. The summed E-state index contributed by atoms with van der Waals surface area (Å²) in [5.74, 6) is 0.114. The molecule has 1 fully saturated rings. The Morgan fingerprint density at radius 1 is 1.07 bits per heavy atom. The minimum absolute atomic E-state index is 0.0965. The lowest BCUT2D eigenvalue weighted by Gasteiger charge is -2.22. The Balaban J connectivity index is 1.75. The molecule has 0 unspecified atom stereocenters. The van der Waals surface area contributed by atoms with Crippen molar-refractivity contribution in [3.8, 4) is 11.4 Å². The first-order valence-corrected chi connectivity index (χ1v) is 10.4. The number of benzene rings is 1. The number of carbonyl (C=O) groups excluding carboxylic acids is 1. The number of Topliss-reactive ketones (excluding diaryl/α,β-unsaturated/α-hetero) is 1. The zero-order valence-electron chi connectivity index (χ0n) is 18.1. The monoisotopic (exact) mass is 409 g/mol. The fraction of sp³-hybridized carbons (Fsp3) is 0.391. The number of rotatable bonds is 5. The van der Waals surface area contributed by atoms with E-state index in [-0.39, 0.29) is 11.3 Å². The topological polar surface area (TPSA) is 62.6 Å². The zero-order valence-corrected chi connectivity index (χ0v) is 18.1. The van der Waals surface area contributed by atoms with E-state index in [1.54, 1.807) is 4.68 Å². The normalized spacial score (nSPS) is 14.9.